The molecule has 19 heavy (non-hydrogen) atoms. The third-order valence-corrected chi connectivity index (χ3v) is 4.13. The van der Waals surface area contributed by atoms with E-state index in [1.54, 1.807) is 6.33 Å². The van der Waals surface area contributed by atoms with Gasteiger partial charge in [0.25, 0.3) is 0 Å². The molecule has 3 heteroatoms. The van der Waals surface area contributed by atoms with Crippen LogP contribution in [0.3, 0.4) is 0 Å². The fourth-order valence-electron chi connectivity index (χ4n) is 2.99. The molecule has 1 heterocycles. The molecule has 2 N–H and O–H groups in total. The number of hydrogen-bond donors (Lipinski definition) is 2. The SMILES string of the molecule is c1ccc(C2CCC(NCc3cnc[nH]3)CC2)cc1. The monoisotopic (exact) mass is 255 g/mol. The number of benzene rings is 1. The summed E-state index contributed by atoms with van der Waals surface area (Å²) in [5, 5.41) is 3.62. The van der Waals surface area contributed by atoms with Crippen LogP contribution in [-0.2, 0) is 6.54 Å². The van der Waals surface area contributed by atoms with Gasteiger partial charge in [0.1, 0.15) is 0 Å². The average Bonchev–Trinajstić information content (AvgIpc) is 3.00. The van der Waals surface area contributed by atoms with Crippen molar-refractivity contribution in [2.75, 3.05) is 0 Å². The summed E-state index contributed by atoms with van der Waals surface area (Å²) in [6, 6.07) is 11.6. The van der Waals surface area contributed by atoms with Gasteiger partial charge in [0.05, 0.1) is 6.33 Å². The number of H-pyrrole nitrogens is 1. The molecule has 0 saturated heterocycles. The molecule has 0 amide bonds. The molecule has 0 spiro atoms. The third kappa shape index (κ3) is 3.24. The van der Waals surface area contributed by atoms with E-state index in [0.29, 0.717) is 6.04 Å². The van der Waals surface area contributed by atoms with Crippen LogP contribution in [0.2, 0.25) is 0 Å². The van der Waals surface area contributed by atoms with Crippen molar-refractivity contribution in [3.63, 3.8) is 0 Å². The van der Waals surface area contributed by atoms with Gasteiger partial charge in [-0.15, -0.1) is 0 Å². The van der Waals surface area contributed by atoms with E-state index in [1.807, 2.05) is 6.20 Å². The van der Waals surface area contributed by atoms with E-state index in [9.17, 15) is 0 Å². The summed E-state index contributed by atoms with van der Waals surface area (Å²) in [7, 11) is 0. The zero-order chi connectivity index (χ0) is 12.9. The number of imidazole rings is 1. The van der Waals surface area contributed by atoms with Crippen LogP contribution in [0.5, 0.6) is 0 Å². The molecule has 1 aliphatic rings. The van der Waals surface area contributed by atoms with Gasteiger partial charge in [0.15, 0.2) is 0 Å². The quantitative estimate of drug-likeness (QED) is 0.880. The summed E-state index contributed by atoms with van der Waals surface area (Å²) in [6.45, 7) is 0.903. The van der Waals surface area contributed by atoms with Crippen LogP contribution in [0.15, 0.2) is 42.9 Å². The molecule has 0 bridgehead atoms. The number of nitrogens with one attached hydrogen (secondary N) is 2. The summed E-state index contributed by atoms with van der Waals surface area (Å²) < 4.78 is 0. The first kappa shape index (κ1) is 12.4. The molecule has 100 valence electrons. The molecule has 1 aliphatic carbocycles. The lowest BCUT2D eigenvalue weighted by atomic mass is 9.82. The van der Waals surface area contributed by atoms with Crippen LogP contribution in [0.1, 0.15) is 42.9 Å². The molecule has 1 aromatic carbocycles. The van der Waals surface area contributed by atoms with Crippen molar-refractivity contribution in [2.45, 2.75) is 44.2 Å². The van der Waals surface area contributed by atoms with Gasteiger partial charge in [-0.3, -0.25) is 0 Å². The molecule has 3 nitrogen and oxygen atoms in total. The normalized spacial score (nSPS) is 23.4. The average molecular weight is 255 g/mol. The van der Waals surface area contributed by atoms with Crippen molar-refractivity contribution in [1.29, 1.82) is 0 Å². The number of aromatic amines is 1. The zero-order valence-corrected chi connectivity index (χ0v) is 11.2. The van der Waals surface area contributed by atoms with Crippen LogP contribution in [-0.4, -0.2) is 16.0 Å². The Morgan fingerprint density at radius 2 is 1.89 bits per heavy atom. The summed E-state index contributed by atoms with van der Waals surface area (Å²) in [4.78, 5) is 7.18. The van der Waals surface area contributed by atoms with Crippen LogP contribution < -0.4 is 5.32 Å². The highest BCUT2D eigenvalue weighted by Gasteiger charge is 2.21. The number of aromatic nitrogens is 2. The Bertz CT molecular complexity index is 470. The second-order valence-electron chi connectivity index (χ2n) is 5.42. The lowest BCUT2D eigenvalue weighted by molar-refractivity contribution is 0.341. The Kier molecular flexibility index (Phi) is 3.94. The van der Waals surface area contributed by atoms with Gasteiger partial charge in [-0.2, -0.15) is 0 Å². The molecular weight excluding hydrogens is 234 g/mol. The summed E-state index contributed by atoms with van der Waals surface area (Å²) in [5.41, 5.74) is 2.68. The van der Waals surface area contributed by atoms with Crippen molar-refractivity contribution in [1.82, 2.24) is 15.3 Å². The molecular formula is C16H21N3. The topological polar surface area (TPSA) is 40.7 Å². The minimum absolute atomic E-state index is 0.656. The van der Waals surface area contributed by atoms with E-state index in [1.165, 1.54) is 36.9 Å². The lowest BCUT2D eigenvalue weighted by Gasteiger charge is -2.29. The van der Waals surface area contributed by atoms with E-state index in [4.69, 9.17) is 0 Å². The predicted molar refractivity (Wildman–Crippen MR) is 76.9 cm³/mol. The molecule has 3 rings (SSSR count). The molecule has 1 aromatic heterocycles. The van der Waals surface area contributed by atoms with Crippen molar-refractivity contribution >= 4 is 0 Å². The standard InChI is InChI=1S/C16H21N3/c1-2-4-13(5-3-1)14-6-8-15(9-7-14)18-11-16-10-17-12-19-16/h1-5,10,12,14-15,18H,6-9,11H2,(H,17,19). The van der Waals surface area contributed by atoms with E-state index in [-0.39, 0.29) is 0 Å². The van der Waals surface area contributed by atoms with Crippen LogP contribution in [0, 0.1) is 0 Å². The maximum absolute atomic E-state index is 4.04. The Morgan fingerprint density at radius 1 is 1.11 bits per heavy atom. The largest absolute Gasteiger partial charge is 0.347 e. The number of rotatable bonds is 4. The van der Waals surface area contributed by atoms with E-state index < -0.39 is 0 Å². The predicted octanol–water partition coefficient (Wildman–Crippen LogP) is 3.23. The molecule has 0 radical (unpaired) electrons. The molecule has 1 fully saturated rings. The summed E-state index contributed by atoms with van der Waals surface area (Å²) >= 11 is 0. The summed E-state index contributed by atoms with van der Waals surface area (Å²) in [6.07, 6.45) is 8.77. The van der Waals surface area contributed by atoms with Gasteiger partial charge in [-0.05, 0) is 37.2 Å². The van der Waals surface area contributed by atoms with Crippen molar-refractivity contribution in [2.24, 2.45) is 0 Å². The highest BCUT2D eigenvalue weighted by molar-refractivity contribution is 5.20. The van der Waals surface area contributed by atoms with Gasteiger partial charge in [0, 0.05) is 24.5 Å². The Morgan fingerprint density at radius 3 is 2.58 bits per heavy atom. The first-order valence-electron chi connectivity index (χ1n) is 7.17. The van der Waals surface area contributed by atoms with Crippen LogP contribution >= 0.6 is 0 Å². The van der Waals surface area contributed by atoms with E-state index in [2.05, 4.69) is 45.6 Å². The van der Waals surface area contributed by atoms with Gasteiger partial charge < -0.3 is 10.3 Å². The van der Waals surface area contributed by atoms with Gasteiger partial charge in [-0.25, -0.2) is 4.98 Å². The fourth-order valence-corrected chi connectivity index (χ4v) is 2.99. The molecule has 2 aromatic rings. The first-order valence-corrected chi connectivity index (χ1v) is 7.17. The highest BCUT2D eigenvalue weighted by Crippen LogP contribution is 2.32. The zero-order valence-electron chi connectivity index (χ0n) is 11.2. The Labute approximate surface area is 114 Å². The lowest BCUT2D eigenvalue weighted by Crippen LogP contribution is -2.32. The first-order chi connectivity index (χ1) is 9.42. The van der Waals surface area contributed by atoms with Crippen molar-refractivity contribution in [3.05, 3.63) is 54.1 Å². The maximum atomic E-state index is 4.04. The van der Waals surface area contributed by atoms with Crippen molar-refractivity contribution < 1.29 is 0 Å². The number of nitrogens with zero attached hydrogens (tertiary/aromatic N) is 1. The van der Waals surface area contributed by atoms with Gasteiger partial charge in [-0.1, -0.05) is 30.3 Å². The van der Waals surface area contributed by atoms with Crippen LogP contribution in [0.25, 0.3) is 0 Å². The Balaban J connectivity index is 1.47. The fraction of sp³-hybridized carbons (Fsp3) is 0.438. The van der Waals surface area contributed by atoms with Gasteiger partial charge >= 0.3 is 0 Å². The molecule has 0 aliphatic heterocycles. The van der Waals surface area contributed by atoms with E-state index >= 15 is 0 Å². The second-order valence-corrected chi connectivity index (χ2v) is 5.42. The van der Waals surface area contributed by atoms with Crippen LogP contribution in [0.4, 0.5) is 0 Å². The Hall–Kier alpha value is -1.61. The van der Waals surface area contributed by atoms with Gasteiger partial charge in [0.2, 0.25) is 0 Å². The molecule has 1 saturated carbocycles. The maximum Gasteiger partial charge on any atom is 0.0922 e. The van der Waals surface area contributed by atoms with Crippen molar-refractivity contribution in [3.8, 4) is 0 Å². The summed E-state index contributed by atoms with van der Waals surface area (Å²) in [5.74, 6) is 0.756. The minimum Gasteiger partial charge on any atom is -0.347 e. The number of hydrogen-bond acceptors (Lipinski definition) is 2. The molecule has 0 atom stereocenters. The minimum atomic E-state index is 0.656. The molecule has 0 unspecified atom stereocenters. The smallest absolute Gasteiger partial charge is 0.0922 e. The highest BCUT2D eigenvalue weighted by atomic mass is 15.0. The van der Waals surface area contributed by atoms with E-state index in [0.717, 1.165) is 12.5 Å². The second kappa shape index (κ2) is 6.02. The third-order valence-electron chi connectivity index (χ3n) is 4.13.